The van der Waals surface area contributed by atoms with E-state index in [9.17, 15) is 14.4 Å². The predicted molar refractivity (Wildman–Crippen MR) is 108 cm³/mol. The summed E-state index contributed by atoms with van der Waals surface area (Å²) in [4.78, 5) is 42.9. The molecule has 0 spiro atoms. The summed E-state index contributed by atoms with van der Waals surface area (Å²) in [5, 5.41) is 0. The average molecular weight is 399 g/mol. The lowest BCUT2D eigenvalue weighted by atomic mass is 9.97. The van der Waals surface area contributed by atoms with Crippen molar-refractivity contribution >= 4 is 17.8 Å². The Kier molecular flexibility index (Phi) is 5.61. The second-order valence-corrected chi connectivity index (χ2v) is 8.47. The Balaban J connectivity index is 1.58. The number of rotatable bonds is 6. The van der Waals surface area contributed by atoms with Crippen molar-refractivity contribution in [3.8, 4) is 0 Å². The van der Waals surface area contributed by atoms with Crippen LogP contribution in [0, 0.1) is 5.92 Å². The van der Waals surface area contributed by atoms with Gasteiger partial charge in [0.1, 0.15) is 18.1 Å². The molecule has 3 fully saturated rings. The molecule has 2 saturated heterocycles. The molecule has 1 saturated carbocycles. The zero-order valence-electron chi connectivity index (χ0n) is 17.3. The van der Waals surface area contributed by atoms with Crippen LogP contribution >= 0.6 is 0 Å². The minimum atomic E-state index is -0.732. The van der Waals surface area contributed by atoms with Crippen molar-refractivity contribution in [2.24, 2.45) is 5.92 Å². The molecule has 2 heterocycles. The quantitative estimate of drug-likeness (QED) is 0.691. The van der Waals surface area contributed by atoms with Gasteiger partial charge >= 0.3 is 5.97 Å². The maximum absolute atomic E-state index is 13.5. The van der Waals surface area contributed by atoms with Crippen LogP contribution < -0.4 is 0 Å². The third-order valence-electron chi connectivity index (χ3n) is 6.85. The molecule has 1 aromatic carbocycles. The maximum Gasteiger partial charge on any atom is 0.328 e. The molecule has 6 heteroatoms. The van der Waals surface area contributed by atoms with Crippen LogP contribution in [0.25, 0.3) is 0 Å². The van der Waals surface area contributed by atoms with Crippen molar-refractivity contribution in [1.82, 2.24) is 9.80 Å². The second-order valence-electron chi connectivity index (χ2n) is 8.47. The monoisotopic (exact) mass is 398 g/mol. The largest absolute Gasteiger partial charge is 0.464 e. The van der Waals surface area contributed by atoms with Gasteiger partial charge in [-0.25, -0.2) is 4.79 Å². The summed E-state index contributed by atoms with van der Waals surface area (Å²) in [6.45, 7) is 3.77. The number of benzene rings is 1. The minimum Gasteiger partial charge on any atom is -0.464 e. The fourth-order valence-electron chi connectivity index (χ4n) is 5.50. The third kappa shape index (κ3) is 3.53. The lowest BCUT2D eigenvalue weighted by Gasteiger charge is -2.45. The molecule has 1 aromatic rings. The van der Waals surface area contributed by atoms with Crippen molar-refractivity contribution < 1.29 is 19.1 Å². The molecule has 2 amide bonds. The molecular formula is C23H30N2O4. The fourth-order valence-corrected chi connectivity index (χ4v) is 5.50. The second kappa shape index (κ2) is 8.17. The predicted octanol–water partition coefficient (Wildman–Crippen LogP) is 2.55. The molecule has 2 aliphatic heterocycles. The van der Waals surface area contributed by atoms with E-state index in [4.69, 9.17) is 4.74 Å². The summed E-state index contributed by atoms with van der Waals surface area (Å²) in [6, 6.07) is 8.31. The number of carbonyl (C=O) groups is 3. The topological polar surface area (TPSA) is 66.9 Å². The van der Waals surface area contributed by atoms with E-state index in [1.807, 2.05) is 35.2 Å². The minimum absolute atomic E-state index is 0.0157. The first-order valence-electron chi connectivity index (χ1n) is 10.9. The van der Waals surface area contributed by atoms with E-state index in [1.165, 1.54) is 4.90 Å². The summed E-state index contributed by atoms with van der Waals surface area (Å²) in [5.41, 5.74) is 1.10. The zero-order valence-corrected chi connectivity index (χ0v) is 17.3. The van der Waals surface area contributed by atoms with Gasteiger partial charge < -0.3 is 14.5 Å². The number of esters is 1. The number of piperazine rings is 1. The van der Waals surface area contributed by atoms with Gasteiger partial charge in [0.25, 0.3) is 0 Å². The summed E-state index contributed by atoms with van der Waals surface area (Å²) < 4.78 is 5.31. The van der Waals surface area contributed by atoms with E-state index in [2.05, 4.69) is 0 Å². The highest BCUT2D eigenvalue weighted by Crippen LogP contribution is 2.44. The van der Waals surface area contributed by atoms with Gasteiger partial charge in [0, 0.05) is 6.04 Å². The van der Waals surface area contributed by atoms with E-state index in [1.54, 1.807) is 13.8 Å². The van der Waals surface area contributed by atoms with Gasteiger partial charge in [-0.1, -0.05) is 36.8 Å². The number of amides is 2. The standard InChI is InChI=1S/C23H30N2O4/c1-3-29-23(28)19(13-12-16-8-5-4-6-9-16)24-15(2)21(26)25-18-11-7-10-17(18)14-20(25)22(24)27/h4-6,8-9,15,17-20H,3,7,10-14H2,1-2H3/t15-,17-,18-,19-,20-/m0/s1. The van der Waals surface area contributed by atoms with E-state index in [-0.39, 0.29) is 24.5 Å². The van der Waals surface area contributed by atoms with Gasteiger partial charge in [-0.05, 0) is 57.4 Å². The van der Waals surface area contributed by atoms with Crippen molar-refractivity contribution in [3.05, 3.63) is 35.9 Å². The number of aryl methyl sites for hydroxylation is 1. The highest BCUT2D eigenvalue weighted by Gasteiger charge is 2.56. The Hall–Kier alpha value is -2.37. The fraction of sp³-hybridized carbons (Fsp3) is 0.609. The average Bonchev–Trinajstić information content (AvgIpc) is 3.31. The maximum atomic E-state index is 13.5. The lowest BCUT2D eigenvalue weighted by Crippen LogP contribution is -2.66. The summed E-state index contributed by atoms with van der Waals surface area (Å²) in [5.74, 6) is -0.0934. The lowest BCUT2D eigenvalue weighted by molar-refractivity contribution is -0.170. The highest BCUT2D eigenvalue weighted by atomic mass is 16.5. The molecule has 0 radical (unpaired) electrons. The van der Waals surface area contributed by atoms with E-state index in [0.717, 1.165) is 31.2 Å². The zero-order chi connectivity index (χ0) is 20.5. The molecule has 156 valence electrons. The van der Waals surface area contributed by atoms with Crippen LogP contribution in [0.2, 0.25) is 0 Å². The van der Waals surface area contributed by atoms with Gasteiger partial charge in [0.15, 0.2) is 0 Å². The van der Waals surface area contributed by atoms with Crippen LogP contribution in [-0.4, -0.2) is 58.4 Å². The molecule has 3 aliphatic rings. The first-order chi connectivity index (χ1) is 14.0. The van der Waals surface area contributed by atoms with Crippen LogP contribution in [0.5, 0.6) is 0 Å². The van der Waals surface area contributed by atoms with Gasteiger partial charge in [0.05, 0.1) is 6.61 Å². The first kappa shape index (κ1) is 19.9. The molecule has 5 atom stereocenters. The molecule has 4 rings (SSSR count). The van der Waals surface area contributed by atoms with Crippen molar-refractivity contribution in [3.63, 3.8) is 0 Å². The van der Waals surface area contributed by atoms with Crippen molar-refractivity contribution in [1.29, 1.82) is 0 Å². The van der Waals surface area contributed by atoms with E-state index >= 15 is 0 Å². The third-order valence-corrected chi connectivity index (χ3v) is 6.85. The number of hydrogen-bond acceptors (Lipinski definition) is 4. The number of nitrogens with zero attached hydrogens (tertiary/aromatic N) is 2. The van der Waals surface area contributed by atoms with Gasteiger partial charge in [0.2, 0.25) is 11.8 Å². The summed E-state index contributed by atoms with van der Waals surface area (Å²) >= 11 is 0. The SMILES string of the molecule is CCOC(=O)[C@H](CCc1ccccc1)N1C(=O)[C@@H]2C[C@@H]3CCC[C@@H]3N2C(=O)[C@@H]1C. The van der Waals surface area contributed by atoms with Crippen molar-refractivity contribution in [2.75, 3.05) is 6.61 Å². The number of carbonyl (C=O) groups excluding carboxylic acids is 3. The number of ether oxygens (including phenoxy) is 1. The molecule has 6 nitrogen and oxygen atoms in total. The van der Waals surface area contributed by atoms with Gasteiger partial charge in [-0.2, -0.15) is 0 Å². The Morgan fingerprint density at radius 1 is 1.17 bits per heavy atom. The Bertz CT molecular complexity index is 780. The van der Waals surface area contributed by atoms with Gasteiger partial charge in [-0.15, -0.1) is 0 Å². The molecule has 1 aliphatic carbocycles. The van der Waals surface area contributed by atoms with Crippen LogP contribution in [0.15, 0.2) is 30.3 Å². The molecule has 0 bridgehead atoms. The Morgan fingerprint density at radius 3 is 2.66 bits per heavy atom. The molecule has 29 heavy (non-hydrogen) atoms. The first-order valence-corrected chi connectivity index (χ1v) is 10.9. The van der Waals surface area contributed by atoms with Crippen LogP contribution in [0.1, 0.15) is 51.5 Å². The van der Waals surface area contributed by atoms with Gasteiger partial charge in [-0.3, -0.25) is 9.59 Å². The Morgan fingerprint density at radius 2 is 1.93 bits per heavy atom. The van der Waals surface area contributed by atoms with E-state index in [0.29, 0.717) is 18.8 Å². The molecule has 0 unspecified atom stereocenters. The molecule has 0 N–H and O–H groups in total. The summed E-state index contributed by atoms with van der Waals surface area (Å²) in [7, 11) is 0. The Labute approximate surface area is 172 Å². The van der Waals surface area contributed by atoms with Crippen LogP contribution in [0.3, 0.4) is 0 Å². The smallest absolute Gasteiger partial charge is 0.328 e. The van der Waals surface area contributed by atoms with Crippen LogP contribution in [0.4, 0.5) is 0 Å². The molecular weight excluding hydrogens is 368 g/mol. The van der Waals surface area contributed by atoms with E-state index < -0.39 is 24.1 Å². The summed E-state index contributed by atoms with van der Waals surface area (Å²) in [6.07, 6.45) is 5.03. The number of hydrogen-bond donors (Lipinski definition) is 0. The highest BCUT2D eigenvalue weighted by molar-refractivity contribution is 5.99. The van der Waals surface area contributed by atoms with Crippen LogP contribution in [-0.2, 0) is 25.5 Å². The normalized spacial score (nSPS) is 29.6. The molecule has 0 aromatic heterocycles. The van der Waals surface area contributed by atoms with Crippen molar-refractivity contribution in [2.45, 2.75) is 76.5 Å². The number of fused-ring (bicyclic) bond motifs is 3.